The second kappa shape index (κ2) is 5.62. The third kappa shape index (κ3) is 3.16. The number of hydrogen-bond donors (Lipinski definition) is 2. The van der Waals surface area contributed by atoms with E-state index in [1.54, 1.807) is 0 Å². The SMILES string of the molecule is NC(=O)OCCNCc1nnc2n1CCCC2. The number of amides is 1. The highest BCUT2D eigenvalue weighted by molar-refractivity contribution is 5.64. The molecule has 0 saturated carbocycles. The summed E-state index contributed by atoms with van der Waals surface area (Å²) in [4.78, 5) is 10.3. The van der Waals surface area contributed by atoms with E-state index < -0.39 is 6.09 Å². The first-order valence-corrected chi connectivity index (χ1v) is 5.81. The molecule has 1 aromatic rings. The van der Waals surface area contributed by atoms with E-state index in [4.69, 9.17) is 5.73 Å². The number of aryl methyl sites for hydroxylation is 1. The largest absolute Gasteiger partial charge is 0.448 e. The molecule has 1 aliphatic heterocycles. The van der Waals surface area contributed by atoms with Crippen LogP contribution in [0.4, 0.5) is 4.79 Å². The fourth-order valence-electron chi connectivity index (χ4n) is 1.92. The summed E-state index contributed by atoms with van der Waals surface area (Å²) in [7, 11) is 0. The third-order valence-electron chi connectivity index (χ3n) is 2.74. The number of ether oxygens (including phenoxy) is 1. The molecular formula is C10H17N5O2. The van der Waals surface area contributed by atoms with Crippen molar-refractivity contribution in [2.45, 2.75) is 32.4 Å². The lowest BCUT2D eigenvalue weighted by Gasteiger charge is -2.14. The standard InChI is InChI=1S/C10H17N5O2/c11-10(16)17-6-4-12-7-9-14-13-8-3-1-2-5-15(8)9/h12H,1-7H2,(H2,11,16). The highest BCUT2D eigenvalue weighted by Gasteiger charge is 2.14. The Labute approximate surface area is 99.3 Å². The van der Waals surface area contributed by atoms with Crippen LogP contribution in [0.2, 0.25) is 0 Å². The van der Waals surface area contributed by atoms with E-state index in [1.165, 1.54) is 12.8 Å². The zero-order valence-corrected chi connectivity index (χ0v) is 9.69. The summed E-state index contributed by atoms with van der Waals surface area (Å²) in [6.07, 6.45) is 2.64. The number of carbonyl (C=O) groups is 1. The lowest BCUT2D eigenvalue weighted by atomic mass is 10.2. The van der Waals surface area contributed by atoms with Crippen LogP contribution in [0.15, 0.2) is 0 Å². The summed E-state index contributed by atoms with van der Waals surface area (Å²) >= 11 is 0. The molecule has 0 radical (unpaired) electrons. The van der Waals surface area contributed by atoms with Gasteiger partial charge in [-0.25, -0.2) is 4.79 Å². The van der Waals surface area contributed by atoms with E-state index in [0.29, 0.717) is 13.1 Å². The molecule has 0 atom stereocenters. The first-order chi connectivity index (χ1) is 8.27. The van der Waals surface area contributed by atoms with Crippen LogP contribution in [0.3, 0.4) is 0 Å². The Balaban J connectivity index is 1.75. The lowest BCUT2D eigenvalue weighted by Crippen LogP contribution is -2.25. The summed E-state index contributed by atoms with van der Waals surface area (Å²) in [6, 6.07) is 0. The van der Waals surface area contributed by atoms with Crippen molar-refractivity contribution in [2.24, 2.45) is 5.73 Å². The van der Waals surface area contributed by atoms with Gasteiger partial charge >= 0.3 is 6.09 Å². The van der Waals surface area contributed by atoms with Gasteiger partial charge in [-0.2, -0.15) is 0 Å². The molecule has 0 saturated heterocycles. The van der Waals surface area contributed by atoms with Crippen LogP contribution in [0.25, 0.3) is 0 Å². The van der Waals surface area contributed by atoms with Crippen molar-refractivity contribution in [3.05, 3.63) is 11.6 Å². The lowest BCUT2D eigenvalue weighted by molar-refractivity contribution is 0.157. The Bertz CT molecular complexity index is 390. The smallest absolute Gasteiger partial charge is 0.404 e. The van der Waals surface area contributed by atoms with Crippen LogP contribution in [0.5, 0.6) is 0 Å². The topological polar surface area (TPSA) is 95.1 Å². The molecule has 94 valence electrons. The van der Waals surface area contributed by atoms with Crippen molar-refractivity contribution >= 4 is 6.09 Å². The Morgan fingerprint density at radius 1 is 1.47 bits per heavy atom. The maximum atomic E-state index is 10.3. The number of nitrogens with zero attached hydrogens (tertiary/aromatic N) is 3. The fraction of sp³-hybridized carbons (Fsp3) is 0.700. The zero-order chi connectivity index (χ0) is 12.1. The summed E-state index contributed by atoms with van der Waals surface area (Å²) in [5.41, 5.74) is 4.85. The van der Waals surface area contributed by atoms with Crippen molar-refractivity contribution in [3.8, 4) is 0 Å². The monoisotopic (exact) mass is 239 g/mol. The van der Waals surface area contributed by atoms with Gasteiger partial charge in [-0.1, -0.05) is 0 Å². The quantitative estimate of drug-likeness (QED) is 0.694. The van der Waals surface area contributed by atoms with E-state index in [1.807, 2.05) is 0 Å². The van der Waals surface area contributed by atoms with Crippen LogP contribution in [0.1, 0.15) is 24.5 Å². The van der Waals surface area contributed by atoms with Gasteiger partial charge in [-0.15, -0.1) is 10.2 Å². The summed E-state index contributed by atoms with van der Waals surface area (Å²) < 4.78 is 6.77. The first kappa shape index (κ1) is 11.8. The van der Waals surface area contributed by atoms with Gasteiger partial charge in [0.2, 0.25) is 0 Å². The molecule has 0 unspecified atom stereocenters. The van der Waals surface area contributed by atoms with Crippen molar-refractivity contribution in [3.63, 3.8) is 0 Å². The van der Waals surface area contributed by atoms with Gasteiger partial charge in [0.1, 0.15) is 18.3 Å². The van der Waals surface area contributed by atoms with Crippen molar-refractivity contribution in [1.82, 2.24) is 20.1 Å². The van der Waals surface area contributed by atoms with E-state index >= 15 is 0 Å². The van der Waals surface area contributed by atoms with Gasteiger partial charge < -0.3 is 20.4 Å². The van der Waals surface area contributed by atoms with Crippen LogP contribution in [0, 0.1) is 0 Å². The molecule has 1 amide bonds. The van der Waals surface area contributed by atoms with Crippen LogP contribution < -0.4 is 11.1 Å². The summed E-state index contributed by atoms with van der Waals surface area (Å²) in [5.74, 6) is 2.01. The second-order valence-electron chi connectivity index (χ2n) is 3.99. The van der Waals surface area contributed by atoms with Gasteiger partial charge in [0, 0.05) is 19.5 Å². The Kier molecular flexibility index (Phi) is 3.92. The number of hydrogen-bond acceptors (Lipinski definition) is 5. The van der Waals surface area contributed by atoms with Gasteiger partial charge in [0.15, 0.2) is 0 Å². The van der Waals surface area contributed by atoms with Crippen LogP contribution >= 0.6 is 0 Å². The van der Waals surface area contributed by atoms with Crippen LogP contribution in [-0.2, 0) is 24.2 Å². The molecule has 17 heavy (non-hydrogen) atoms. The summed E-state index contributed by atoms with van der Waals surface area (Å²) in [5, 5.41) is 11.4. The molecule has 1 aromatic heterocycles. The van der Waals surface area contributed by atoms with Crippen LogP contribution in [-0.4, -0.2) is 34.0 Å². The van der Waals surface area contributed by atoms with E-state index in [9.17, 15) is 4.79 Å². The van der Waals surface area contributed by atoms with Crippen molar-refractivity contribution in [2.75, 3.05) is 13.2 Å². The number of carbonyl (C=O) groups excluding carboxylic acids is 1. The number of nitrogens with two attached hydrogens (primary N) is 1. The average Bonchev–Trinajstić information content (AvgIpc) is 2.72. The summed E-state index contributed by atoms with van der Waals surface area (Å²) in [6.45, 7) is 2.47. The molecule has 0 spiro atoms. The maximum Gasteiger partial charge on any atom is 0.404 e. The zero-order valence-electron chi connectivity index (χ0n) is 9.69. The number of primary amides is 1. The predicted molar refractivity (Wildman–Crippen MR) is 60.2 cm³/mol. The average molecular weight is 239 g/mol. The minimum atomic E-state index is -0.744. The number of nitrogens with one attached hydrogen (secondary N) is 1. The fourth-order valence-corrected chi connectivity index (χ4v) is 1.92. The van der Waals surface area contributed by atoms with Crippen molar-refractivity contribution in [1.29, 1.82) is 0 Å². The number of aromatic nitrogens is 3. The van der Waals surface area contributed by atoms with E-state index in [-0.39, 0.29) is 6.61 Å². The van der Waals surface area contributed by atoms with Gasteiger partial charge in [-0.3, -0.25) is 0 Å². The minimum Gasteiger partial charge on any atom is -0.448 e. The Morgan fingerprint density at radius 3 is 3.18 bits per heavy atom. The highest BCUT2D eigenvalue weighted by Crippen LogP contribution is 2.13. The van der Waals surface area contributed by atoms with Gasteiger partial charge in [0.25, 0.3) is 0 Å². The third-order valence-corrected chi connectivity index (χ3v) is 2.74. The molecule has 7 nitrogen and oxygen atoms in total. The number of rotatable bonds is 5. The molecule has 1 aliphatic rings. The van der Waals surface area contributed by atoms with Crippen molar-refractivity contribution < 1.29 is 9.53 Å². The molecular weight excluding hydrogens is 222 g/mol. The maximum absolute atomic E-state index is 10.3. The van der Waals surface area contributed by atoms with E-state index in [0.717, 1.165) is 24.6 Å². The molecule has 0 bridgehead atoms. The predicted octanol–water partition coefficient (Wildman–Crippen LogP) is -0.201. The van der Waals surface area contributed by atoms with E-state index in [2.05, 4.69) is 24.8 Å². The minimum absolute atomic E-state index is 0.274. The molecule has 3 N–H and O–H groups in total. The molecule has 2 rings (SSSR count). The first-order valence-electron chi connectivity index (χ1n) is 5.81. The Morgan fingerprint density at radius 2 is 2.35 bits per heavy atom. The van der Waals surface area contributed by atoms with Gasteiger partial charge in [0.05, 0.1) is 6.54 Å². The van der Waals surface area contributed by atoms with Gasteiger partial charge in [-0.05, 0) is 12.8 Å². The molecule has 0 fully saturated rings. The molecule has 2 heterocycles. The Hall–Kier alpha value is -1.63. The molecule has 0 aromatic carbocycles. The molecule has 0 aliphatic carbocycles. The number of fused-ring (bicyclic) bond motifs is 1. The highest BCUT2D eigenvalue weighted by atomic mass is 16.5. The molecule has 7 heteroatoms. The normalized spacial score (nSPS) is 14.4. The second-order valence-corrected chi connectivity index (χ2v) is 3.99.